The third kappa shape index (κ3) is 1.20. The topological polar surface area (TPSA) is 49.3 Å². The lowest BCUT2D eigenvalue weighted by Gasteiger charge is -2.13. The highest BCUT2D eigenvalue weighted by molar-refractivity contribution is 5.75. The number of piperidine rings is 1. The summed E-state index contributed by atoms with van der Waals surface area (Å²) in [7, 11) is 0. The van der Waals surface area contributed by atoms with Gasteiger partial charge in [0.05, 0.1) is 5.92 Å². The minimum atomic E-state index is -4.23. The maximum absolute atomic E-state index is 12.2. The Balaban J connectivity index is 2.07. The number of rotatable bonds is 1. The van der Waals surface area contributed by atoms with Crippen molar-refractivity contribution in [3.05, 3.63) is 0 Å². The zero-order valence-corrected chi connectivity index (χ0v) is 6.51. The fourth-order valence-electron chi connectivity index (χ4n) is 2.23. The molecule has 6 heteroatoms. The second-order valence-electron chi connectivity index (χ2n) is 3.53. The van der Waals surface area contributed by atoms with Gasteiger partial charge in [-0.2, -0.15) is 13.2 Å². The van der Waals surface area contributed by atoms with Crippen LogP contribution in [0.5, 0.6) is 0 Å². The summed E-state index contributed by atoms with van der Waals surface area (Å²) in [5, 5.41) is 11.1. The summed E-state index contributed by atoms with van der Waals surface area (Å²) in [6.45, 7) is 0.172. The Morgan fingerprint density at radius 3 is 2.46 bits per heavy atom. The van der Waals surface area contributed by atoms with Gasteiger partial charge in [-0.3, -0.25) is 4.79 Å². The van der Waals surface area contributed by atoms with E-state index >= 15 is 0 Å². The molecule has 0 aromatic heterocycles. The molecule has 0 radical (unpaired) electrons. The number of hydrogen-bond acceptors (Lipinski definition) is 2. The van der Waals surface area contributed by atoms with Crippen LogP contribution in [0.25, 0.3) is 0 Å². The Labute approximate surface area is 71.9 Å². The molecule has 1 saturated heterocycles. The van der Waals surface area contributed by atoms with Crippen molar-refractivity contribution in [2.45, 2.75) is 12.2 Å². The number of halogens is 3. The SMILES string of the molecule is O=C(O)[C@@H]1NC[C@H]2[C@@H]1[C@@H]2C(F)(F)F. The molecular formula is C7H8F3NO2. The van der Waals surface area contributed by atoms with Crippen LogP contribution in [-0.4, -0.2) is 29.8 Å². The van der Waals surface area contributed by atoms with Gasteiger partial charge in [0.2, 0.25) is 0 Å². The maximum atomic E-state index is 12.2. The van der Waals surface area contributed by atoms with Crippen LogP contribution in [0.4, 0.5) is 13.2 Å². The van der Waals surface area contributed by atoms with E-state index in [1.54, 1.807) is 0 Å². The number of alkyl halides is 3. The Hall–Kier alpha value is -0.780. The van der Waals surface area contributed by atoms with Crippen LogP contribution in [0.3, 0.4) is 0 Å². The molecule has 0 aromatic rings. The van der Waals surface area contributed by atoms with Crippen molar-refractivity contribution in [2.75, 3.05) is 6.54 Å². The van der Waals surface area contributed by atoms with E-state index in [1.165, 1.54) is 0 Å². The first kappa shape index (κ1) is 8.80. The molecular weight excluding hydrogens is 187 g/mol. The van der Waals surface area contributed by atoms with Crippen molar-refractivity contribution in [3.8, 4) is 0 Å². The minimum Gasteiger partial charge on any atom is -0.480 e. The van der Waals surface area contributed by atoms with Crippen LogP contribution in [0.2, 0.25) is 0 Å². The van der Waals surface area contributed by atoms with Crippen molar-refractivity contribution in [2.24, 2.45) is 17.8 Å². The van der Waals surface area contributed by atoms with Crippen LogP contribution in [0.1, 0.15) is 0 Å². The molecule has 0 spiro atoms. The fourth-order valence-corrected chi connectivity index (χ4v) is 2.23. The van der Waals surface area contributed by atoms with E-state index in [0.717, 1.165) is 0 Å². The lowest BCUT2D eigenvalue weighted by Crippen LogP contribution is -2.38. The number of fused-ring (bicyclic) bond motifs is 1. The highest BCUT2D eigenvalue weighted by atomic mass is 19.4. The molecule has 4 atom stereocenters. The number of carboxylic acid groups (broad SMARTS) is 1. The summed E-state index contributed by atoms with van der Waals surface area (Å²) >= 11 is 0. The molecule has 2 aliphatic rings. The van der Waals surface area contributed by atoms with Crippen LogP contribution in [0, 0.1) is 17.8 Å². The molecule has 0 amide bonds. The van der Waals surface area contributed by atoms with Crippen LogP contribution in [-0.2, 0) is 4.79 Å². The number of carboxylic acids is 1. The molecule has 2 fully saturated rings. The molecule has 0 bridgehead atoms. The van der Waals surface area contributed by atoms with Gasteiger partial charge in [-0.1, -0.05) is 0 Å². The van der Waals surface area contributed by atoms with Gasteiger partial charge in [0.25, 0.3) is 0 Å². The van der Waals surface area contributed by atoms with E-state index in [4.69, 9.17) is 5.11 Å². The van der Waals surface area contributed by atoms with Crippen molar-refractivity contribution >= 4 is 5.97 Å². The Kier molecular flexibility index (Phi) is 1.61. The third-order valence-electron chi connectivity index (χ3n) is 2.83. The smallest absolute Gasteiger partial charge is 0.392 e. The number of nitrogens with one attached hydrogen (secondary N) is 1. The van der Waals surface area contributed by atoms with Gasteiger partial charge < -0.3 is 10.4 Å². The minimum absolute atomic E-state index is 0.172. The van der Waals surface area contributed by atoms with Crippen LogP contribution < -0.4 is 5.32 Å². The first-order chi connectivity index (χ1) is 5.93. The molecule has 1 saturated carbocycles. The number of hydrogen-bond donors (Lipinski definition) is 2. The van der Waals surface area contributed by atoms with Gasteiger partial charge >= 0.3 is 12.1 Å². The van der Waals surface area contributed by atoms with E-state index in [2.05, 4.69) is 5.32 Å². The maximum Gasteiger partial charge on any atom is 0.392 e. The summed E-state index contributed by atoms with van der Waals surface area (Å²) in [5.41, 5.74) is 0. The van der Waals surface area contributed by atoms with Gasteiger partial charge in [0.15, 0.2) is 0 Å². The third-order valence-corrected chi connectivity index (χ3v) is 2.83. The second-order valence-corrected chi connectivity index (χ2v) is 3.53. The molecule has 1 heterocycles. The second kappa shape index (κ2) is 2.37. The summed E-state index contributed by atoms with van der Waals surface area (Å²) < 4.78 is 36.5. The van der Waals surface area contributed by atoms with Gasteiger partial charge in [-0.05, 0) is 12.5 Å². The number of carbonyl (C=O) groups is 1. The van der Waals surface area contributed by atoms with E-state index in [1.807, 2.05) is 0 Å². The predicted octanol–water partition coefficient (Wildman–Crippen LogP) is 0.467. The zero-order valence-electron chi connectivity index (χ0n) is 6.51. The molecule has 0 unspecified atom stereocenters. The molecule has 1 aliphatic carbocycles. The van der Waals surface area contributed by atoms with Crippen LogP contribution >= 0.6 is 0 Å². The molecule has 0 aromatic carbocycles. The van der Waals surface area contributed by atoms with Crippen molar-refractivity contribution in [3.63, 3.8) is 0 Å². The summed E-state index contributed by atoms with van der Waals surface area (Å²) in [5.74, 6) is -3.83. The Morgan fingerprint density at radius 1 is 1.46 bits per heavy atom. The van der Waals surface area contributed by atoms with Gasteiger partial charge in [-0.25, -0.2) is 0 Å². The molecule has 2 rings (SSSR count). The van der Waals surface area contributed by atoms with Gasteiger partial charge in [0, 0.05) is 5.92 Å². The predicted molar refractivity (Wildman–Crippen MR) is 36.0 cm³/mol. The largest absolute Gasteiger partial charge is 0.480 e. The lowest BCUT2D eigenvalue weighted by molar-refractivity contribution is -0.158. The Bertz CT molecular complexity index is 253. The van der Waals surface area contributed by atoms with Crippen molar-refractivity contribution in [1.29, 1.82) is 0 Å². The molecule has 2 N–H and O–H groups in total. The van der Waals surface area contributed by atoms with Gasteiger partial charge in [0.1, 0.15) is 6.04 Å². The highest BCUT2D eigenvalue weighted by Crippen LogP contribution is 2.59. The Morgan fingerprint density at radius 2 is 2.08 bits per heavy atom. The average Bonchev–Trinajstić information content (AvgIpc) is 2.52. The molecule has 13 heavy (non-hydrogen) atoms. The molecule has 3 nitrogen and oxygen atoms in total. The fraction of sp³-hybridized carbons (Fsp3) is 0.857. The van der Waals surface area contributed by atoms with Crippen LogP contribution in [0.15, 0.2) is 0 Å². The van der Waals surface area contributed by atoms with Crippen molar-refractivity contribution in [1.82, 2.24) is 5.32 Å². The zero-order chi connectivity index (χ0) is 9.80. The number of aliphatic carboxylic acids is 1. The monoisotopic (exact) mass is 195 g/mol. The summed E-state index contributed by atoms with van der Waals surface area (Å²) in [4.78, 5) is 10.5. The van der Waals surface area contributed by atoms with E-state index in [-0.39, 0.29) is 6.54 Å². The van der Waals surface area contributed by atoms with E-state index in [9.17, 15) is 18.0 Å². The van der Waals surface area contributed by atoms with Gasteiger partial charge in [-0.15, -0.1) is 0 Å². The highest BCUT2D eigenvalue weighted by Gasteiger charge is 2.70. The average molecular weight is 195 g/mol. The standard InChI is InChI=1S/C7H8F3NO2/c8-7(9,10)4-2-1-11-5(3(2)4)6(12)13/h2-5,11H,1H2,(H,12,13)/t2-,3+,4+,5+/m0/s1. The van der Waals surface area contributed by atoms with Crippen molar-refractivity contribution < 1.29 is 23.1 Å². The van der Waals surface area contributed by atoms with E-state index in [0.29, 0.717) is 0 Å². The normalized spacial score (nSPS) is 43.0. The summed E-state index contributed by atoms with van der Waals surface area (Å²) in [6, 6.07) is -1.00. The molecule has 74 valence electrons. The van der Waals surface area contributed by atoms with E-state index < -0.39 is 35.9 Å². The quantitative estimate of drug-likeness (QED) is 0.639. The molecule has 1 aliphatic heterocycles. The lowest BCUT2D eigenvalue weighted by atomic mass is 10.1. The first-order valence-electron chi connectivity index (χ1n) is 3.96. The summed E-state index contributed by atoms with van der Waals surface area (Å²) in [6.07, 6.45) is -4.23. The first-order valence-corrected chi connectivity index (χ1v) is 3.96.